The van der Waals surface area contributed by atoms with Gasteiger partial charge < -0.3 is 9.32 Å². The summed E-state index contributed by atoms with van der Waals surface area (Å²) < 4.78 is 5.55. The van der Waals surface area contributed by atoms with Crippen LogP contribution in [0.4, 0.5) is 0 Å². The largest absolute Gasteiger partial charge is 0.466 e. The highest BCUT2D eigenvalue weighted by atomic mass is 127. The molecule has 1 fully saturated rings. The number of benzene rings is 1. The van der Waals surface area contributed by atoms with Crippen molar-refractivity contribution < 1.29 is 9.21 Å². The summed E-state index contributed by atoms with van der Waals surface area (Å²) in [5, 5.41) is 9.01. The first-order valence-corrected chi connectivity index (χ1v) is 10.7. The quantitative estimate of drug-likeness (QED) is 0.230. The molecule has 0 bridgehead atoms. The fourth-order valence-corrected chi connectivity index (χ4v) is 4.48. The van der Waals surface area contributed by atoms with Crippen LogP contribution in [0.3, 0.4) is 0 Å². The summed E-state index contributed by atoms with van der Waals surface area (Å²) in [5.41, 5.74) is 3.09. The molecule has 0 radical (unpaired) electrons. The molecule has 1 aliphatic rings. The van der Waals surface area contributed by atoms with Crippen molar-refractivity contribution in [3.8, 4) is 17.9 Å². The van der Waals surface area contributed by atoms with Crippen molar-refractivity contribution in [3.63, 3.8) is 0 Å². The highest BCUT2D eigenvalue weighted by Gasteiger charge is 2.42. The first kappa shape index (κ1) is 21.2. The number of likely N-dealkylation sites (tertiary alicyclic amines) is 1. The molecule has 0 saturated carbocycles. The number of rotatable bonds is 1. The highest BCUT2D eigenvalue weighted by molar-refractivity contribution is 14.1. The molecule has 4 nitrogen and oxygen atoms in total. The predicted molar refractivity (Wildman–Crippen MR) is 122 cm³/mol. The van der Waals surface area contributed by atoms with Crippen LogP contribution in [0.2, 0.25) is 0 Å². The van der Waals surface area contributed by atoms with Crippen molar-refractivity contribution in [1.82, 2.24) is 4.90 Å². The lowest BCUT2D eigenvalue weighted by Crippen LogP contribution is -2.50. The van der Waals surface area contributed by atoms with Gasteiger partial charge in [-0.15, -0.1) is 0 Å². The van der Waals surface area contributed by atoms with Gasteiger partial charge in [-0.3, -0.25) is 4.79 Å². The number of piperidine rings is 1. The van der Waals surface area contributed by atoms with Crippen LogP contribution in [-0.2, 0) is 0 Å². The van der Waals surface area contributed by atoms with Crippen molar-refractivity contribution in [2.24, 2.45) is 5.41 Å². The molecule has 1 aromatic heterocycles. The molecule has 5 heteroatoms. The molecular formula is C24H23IN2O2. The maximum Gasteiger partial charge on any atom is 0.258 e. The summed E-state index contributed by atoms with van der Waals surface area (Å²) in [6.07, 6.45) is 2.75. The topological polar surface area (TPSA) is 57.2 Å². The van der Waals surface area contributed by atoms with E-state index in [-0.39, 0.29) is 15.4 Å². The summed E-state index contributed by atoms with van der Waals surface area (Å²) in [4.78, 5) is 15.0. The Morgan fingerprint density at radius 1 is 1.31 bits per heavy atom. The maximum absolute atomic E-state index is 13.1. The molecule has 1 amide bonds. The van der Waals surface area contributed by atoms with Crippen LogP contribution in [0, 0.1) is 42.4 Å². The van der Waals surface area contributed by atoms with Crippen LogP contribution < -0.4 is 0 Å². The van der Waals surface area contributed by atoms with Crippen LogP contribution in [0.15, 0.2) is 46.4 Å². The molecule has 1 atom stereocenters. The molecule has 2 heterocycles. The zero-order valence-corrected chi connectivity index (χ0v) is 19.2. The van der Waals surface area contributed by atoms with E-state index in [0.717, 1.165) is 17.7 Å². The minimum Gasteiger partial charge on any atom is -0.466 e. The number of nitriles is 1. The summed E-state index contributed by atoms with van der Waals surface area (Å²) >= 11 is 2.36. The minimum absolute atomic E-state index is 0.00548. The fourth-order valence-electron chi connectivity index (χ4n) is 3.55. The monoisotopic (exact) mass is 498 g/mol. The second-order valence-electron chi connectivity index (χ2n) is 7.76. The number of carbonyl (C=O) groups excluding carboxylic acids is 1. The van der Waals surface area contributed by atoms with Crippen LogP contribution in [0.5, 0.6) is 0 Å². The predicted octanol–water partition coefficient (Wildman–Crippen LogP) is 5.38. The van der Waals surface area contributed by atoms with Gasteiger partial charge in [-0.2, -0.15) is 5.26 Å². The van der Waals surface area contributed by atoms with Gasteiger partial charge in [0.1, 0.15) is 11.5 Å². The molecule has 3 rings (SSSR count). The number of nitrogens with zero attached hydrogens (tertiary/aromatic N) is 2. The van der Waals surface area contributed by atoms with Gasteiger partial charge in [0.25, 0.3) is 5.91 Å². The number of furan rings is 1. The smallest absolute Gasteiger partial charge is 0.258 e. The normalized spacial score (nSPS) is 19.4. The van der Waals surface area contributed by atoms with Crippen molar-refractivity contribution in [3.05, 3.63) is 70.2 Å². The van der Waals surface area contributed by atoms with E-state index >= 15 is 0 Å². The lowest BCUT2D eigenvalue weighted by Gasteiger charge is -2.45. The molecular weight excluding hydrogens is 475 g/mol. The Morgan fingerprint density at radius 2 is 2.03 bits per heavy atom. The molecule has 2 aromatic rings. The Balaban J connectivity index is 1.81. The van der Waals surface area contributed by atoms with Crippen LogP contribution in [-0.4, -0.2) is 21.4 Å². The molecule has 1 unspecified atom stereocenters. The Kier molecular flexibility index (Phi) is 6.19. The summed E-state index contributed by atoms with van der Waals surface area (Å²) in [7, 11) is 0. The molecule has 29 heavy (non-hydrogen) atoms. The van der Waals surface area contributed by atoms with Gasteiger partial charge in [0.15, 0.2) is 0 Å². The number of hydrogen-bond acceptors (Lipinski definition) is 3. The minimum atomic E-state index is -0.204. The third-order valence-corrected chi connectivity index (χ3v) is 7.54. The number of allylic oxidation sites excluding steroid dienone is 1. The number of aryl methyl sites for hydroxylation is 2. The second-order valence-corrected chi connectivity index (χ2v) is 8.94. The number of alkyl halides is 1. The molecule has 0 N–H and O–H groups in total. The number of carbonyl (C=O) groups is 1. The molecule has 1 saturated heterocycles. The molecule has 148 valence electrons. The van der Waals surface area contributed by atoms with Crippen molar-refractivity contribution in [2.75, 3.05) is 6.54 Å². The standard InChI is InChI=1S/C24H23IN2O2/c1-16-13-21(17(2)29-16)22(28)27-12-11-20(24(3,4)23(27)25)10-6-8-18-7-5-9-19(14-18)15-26/h5,7,9-10,13-14,23H,11-12H2,1-4H3/b20-10+. The average Bonchev–Trinajstić information content (AvgIpc) is 3.03. The average molecular weight is 498 g/mol. The molecule has 1 aromatic carbocycles. The van der Waals surface area contributed by atoms with E-state index in [4.69, 9.17) is 9.68 Å². The van der Waals surface area contributed by atoms with E-state index in [0.29, 0.717) is 23.4 Å². The Hall–Kier alpha value is -2.51. The van der Waals surface area contributed by atoms with Crippen molar-refractivity contribution in [2.45, 2.75) is 38.2 Å². The third kappa shape index (κ3) is 4.41. The SMILES string of the molecule is Cc1cc(C(=O)N2CC/C(=C\C#Cc3cccc(C#N)c3)C(C)(C)C2I)c(C)o1. The number of hydrogen-bond donors (Lipinski definition) is 0. The van der Waals surface area contributed by atoms with E-state index in [1.54, 1.807) is 12.1 Å². The van der Waals surface area contributed by atoms with Crippen LogP contribution in [0.1, 0.15) is 53.3 Å². The first-order valence-electron chi connectivity index (χ1n) is 9.47. The summed E-state index contributed by atoms with van der Waals surface area (Å²) in [5.74, 6) is 7.70. The van der Waals surface area contributed by atoms with Crippen molar-refractivity contribution in [1.29, 1.82) is 5.26 Å². The highest BCUT2D eigenvalue weighted by Crippen LogP contribution is 2.43. The van der Waals surface area contributed by atoms with Crippen LogP contribution in [0.25, 0.3) is 0 Å². The second kappa shape index (κ2) is 8.47. The molecule has 1 aliphatic heterocycles. The molecule has 0 spiro atoms. The summed E-state index contributed by atoms with van der Waals surface area (Å²) in [6.45, 7) is 8.65. The van der Waals surface area contributed by atoms with E-state index < -0.39 is 0 Å². The van der Waals surface area contributed by atoms with E-state index in [2.05, 4.69) is 54.3 Å². The van der Waals surface area contributed by atoms with Gasteiger partial charge in [-0.25, -0.2) is 0 Å². The van der Waals surface area contributed by atoms with Crippen LogP contribution >= 0.6 is 22.6 Å². The Bertz CT molecular complexity index is 1080. The molecule has 0 aliphatic carbocycles. The van der Waals surface area contributed by atoms with Gasteiger partial charge in [0, 0.05) is 17.5 Å². The van der Waals surface area contributed by atoms with E-state index in [1.165, 1.54) is 5.57 Å². The fraction of sp³-hybridized carbons (Fsp3) is 0.333. The van der Waals surface area contributed by atoms with Crippen molar-refractivity contribution >= 4 is 28.5 Å². The van der Waals surface area contributed by atoms with Gasteiger partial charge in [0.05, 0.1) is 21.2 Å². The van der Waals surface area contributed by atoms with Gasteiger partial charge in [0.2, 0.25) is 0 Å². The Labute approximate surface area is 185 Å². The van der Waals surface area contributed by atoms with Gasteiger partial charge in [-0.1, -0.05) is 59.9 Å². The van der Waals surface area contributed by atoms with E-state index in [9.17, 15) is 4.79 Å². The summed E-state index contributed by atoms with van der Waals surface area (Å²) in [6, 6.07) is 11.2. The zero-order valence-electron chi connectivity index (χ0n) is 17.0. The lowest BCUT2D eigenvalue weighted by atomic mass is 9.78. The van der Waals surface area contributed by atoms with E-state index in [1.807, 2.05) is 43.0 Å². The zero-order chi connectivity index (χ0) is 21.2. The maximum atomic E-state index is 13.1. The Morgan fingerprint density at radius 3 is 2.69 bits per heavy atom. The van der Waals surface area contributed by atoms with Gasteiger partial charge >= 0.3 is 0 Å². The lowest BCUT2D eigenvalue weighted by molar-refractivity contribution is 0.0637. The number of halogens is 1. The number of amides is 1. The van der Waals surface area contributed by atoms with Gasteiger partial charge in [-0.05, 0) is 50.6 Å². The first-order chi connectivity index (χ1) is 13.7. The third-order valence-electron chi connectivity index (χ3n) is 5.31.